The molecule has 1 heteroatoms. The van der Waals surface area contributed by atoms with E-state index < -0.39 is 0 Å². The van der Waals surface area contributed by atoms with E-state index in [9.17, 15) is 5.11 Å². The lowest BCUT2D eigenvalue weighted by molar-refractivity contribution is 0.327. The molecule has 0 aliphatic rings. The van der Waals surface area contributed by atoms with Gasteiger partial charge in [0.05, 0.1) is 0 Å². The first kappa shape index (κ1) is 15.8. The molecule has 0 unspecified atom stereocenters. The first-order chi connectivity index (χ1) is 8.48. The molecule has 0 N–H and O–H groups in total. The molecule has 0 atom stereocenters. The average molecular weight is 259 g/mol. The molecular formula is C18H27O. The van der Waals surface area contributed by atoms with Crippen LogP contribution in [0.15, 0.2) is 18.2 Å². The van der Waals surface area contributed by atoms with Crippen LogP contribution in [0.3, 0.4) is 0 Å². The van der Waals surface area contributed by atoms with E-state index in [0.717, 1.165) is 16.7 Å². The molecule has 105 valence electrons. The molecule has 0 saturated carbocycles. The van der Waals surface area contributed by atoms with E-state index in [-0.39, 0.29) is 16.6 Å². The monoisotopic (exact) mass is 259 g/mol. The van der Waals surface area contributed by atoms with Crippen molar-refractivity contribution in [1.82, 2.24) is 0 Å². The summed E-state index contributed by atoms with van der Waals surface area (Å²) in [7, 11) is 0. The predicted molar refractivity (Wildman–Crippen MR) is 83.3 cm³/mol. The summed E-state index contributed by atoms with van der Waals surface area (Å²) in [6.45, 7) is 16.7. The van der Waals surface area contributed by atoms with Crippen molar-refractivity contribution in [1.29, 1.82) is 0 Å². The summed E-state index contributed by atoms with van der Waals surface area (Å²) in [5, 5.41) is 12.7. The van der Waals surface area contributed by atoms with Crippen LogP contribution >= 0.6 is 0 Å². The highest BCUT2D eigenvalue weighted by Gasteiger charge is 2.27. The Morgan fingerprint density at radius 3 is 1.58 bits per heavy atom. The molecule has 0 amide bonds. The summed E-state index contributed by atoms with van der Waals surface area (Å²) in [6, 6.07) is 4.12. The Morgan fingerprint density at radius 1 is 0.947 bits per heavy atom. The molecule has 0 saturated heterocycles. The smallest absolute Gasteiger partial charge is 0.186 e. The van der Waals surface area contributed by atoms with Gasteiger partial charge in [-0.05, 0) is 47.9 Å². The van der Waals surface area contributed by atoms with Crippen LogP contribution < -0.4 is 0 Å². The second kappa shape index (κ2) is 5.03. The second-order valence-corrected chi connectivity index (χ2v) is 7.37. The second-order valence-electron chi connectivity index (χ2n) is 7.37. The molecule has 1 rings (SSSR count). The van der Waals surface area contributed by atoms with Crippen LogP contribution in [0.4, 0.5) is 0 Å². The van der Waals surface area contributed by atoms with E-state index in [1.165, 1.54) is 5.57 Å². The minimum absolute atomic E-state index is 0.124. The number of allylic oxidation sites excluding steroid dienone is 2. The van der Waals surface area contributed by atoms with Gasteiger partial charge in [-0.3, -0.25) is 5.11 Å². The van der Waals surface area contributed by atoms with Crippen molar-refractivity contribution in [3.63, 3.8) is 0 Å². The summed E-state index contributed by atoms with van der Waals surface area (Å²) >= 11 is 0. The molecule has 0 heterocycles. The van der Waals surface area contributed by atoms with Crippen LogP contribution in [0.1, 0.15) is 72.1 Å². The topological polar surface area (TPSA) is 19.9 Å². The van der Waals surface area contributed by atoms with Crippen molar-refractivity contribution >= 4 is 5.57 Å². The van der Waals surface area contributed by atoms with Crippen LogP contribution in [0, 0.1) is 0 Å². The predicted octanol–water partition coefficient (Wildman–Crippen LogP) is 5.85. The van der Waals surface area contributed by atoms with Gasteiger partial charge in [-0.15, -0.1) is 0 Å². The lowest BCUT2D eigenvalue weighted by Crippen LogP contribution is -2.17. The Kier molecular flexibility index (Phi) is 4.19. The average Bonchev–Trinajstić information content (AvgIpc) is 2.25. The van der Waals surface area contributed by atoms with Crippen LogP contribution in [0.5, 0.6) is 5.75 Å². The van der Waals surface area contributed by atoms with Crippen molar-refractivity contribution in [3.8, 4) is 5.75 Å². The largest absolute Gasteiger partial charge is 0.289 e. The Morgan fingerprint density at radius 2 is 1.32 bits per heavy atom. The third-order valence-corrected chi connectivity index (χ3v) is 3.59. The normalized spacial score (nSPS) is 13.8. The molecule has 0 aliphatic carbocycles. The van der Waals surface area contributed by atoms with E-state index in [0.29, 0.717) is 0 Å². The third-order valence-electron chi connectivity index (χ3n) is 3.59. The number of hydrogen-bond acceptors (Lipinski definition) is 0. The Bertz CT molecular complexity index is 458. The van der Waals surface area contributed by atoms with E-state index in [1.54, 1.807) is 0 Å². The zero-order chi connectivity index (χ0) is 15.0. The molecule has 0 spiro atoms. The van der Waals surface area contributed by atoms with Gasteiger partial charge in [0.1, 0.15) is 0 Å². The van der Waals surface area contributed by atoms with Crippen molar-refractivity contribution in [2.24, 2.45) is 0 Å². The summed E-state index contributed by atoms with van der Waals surface area (Å²) in [6.07, 6.45) is 2.10. The van der Waals surface area contributed by atoms with Gasteiger partial charge < -0.3 is 0 Å². The zero-order valence-electron chi connectivity index (χ0n) is 13.6. The lowest BCUT2D eigenvalue weighted by atomic mass is 9.78. The molecule has 1 nitrogen and oxygen atoms in total. The van der Waals surface area contributed by atoms with E-state index in [1.807, 2.05) is 6.92 Å². The quantitative estimate of drug-likeness (QED) is 0.603. The first-order valence-corrected chi connectivity index (χ1v) is 6.97. The summed E-state index contributed by atoms with van der Waals surface area (Å²) < 4.78 is 0. The zero-order valence-corrected chi connectivity index (χ0v) is 13.6. The van der Waals surface area contributed by atoms with Crippen molar-refractivity contribution in [2.45, 2.75) is 66.2 Å². The summed E-state index contributed by atoms with van der Waals surface area (Å²) in [5.74, 6) is 0.202. The molecule has 19 heavy (non-hydrogen) atoms. The van der Waals surface area contributed by atoms with Gasteiger partial charge in [0.25, 0.3) is 0 Å². The van der Waals surface area contributed by atoms with E-state index in [4.69, 9.17) is 0 Å². The molecular weight excluding hydrogens is 232 g/mol. The van der Waals surface area contributed by atoms with Gasteiger partial charge >= 0.3 is 0 Å². The van der Waals surface area contributed by atoms with Crippen LogP contribution in [0.2, 0.25) is 0 Å². The highest BCUT2D eigenvalue weighted by atomic mass is 16.3. The fraction of sp³-hybridized carbons (Fsp3) is 0.556. The van der Waals surface area contributed by atoms with E-state index in [2.05, 4.69) is 66.7 Å². The van der Waals surface area contributed by atoms with Gasteiger partial charge in [-0.2, -0.15) is 0 Å². The minimum Gasteiger partial charge on any atom is -0.289 e. The highest BCUT2D eigenvalue weighted by molar-refractivity contribution is 5.67. The lowest BCUT2D eigenvalue weighted by Gasteiger charge is -2.27. The number of rotatable bonds is 1. The van der Waals surface area contributed by atoms with Crippen LogP contribution in [-0.2, 0) is 15.9 Å². The minimum atomic E-state index is -0.124. The molecule has 1 radical (unpaired) electrons. The molecule has 1 aromatic rings. The maximum Gasteiger partial charge on any atom is 0.186 e. The Labute approximate surface area is 118 Å². The molecule has 0 fully saturated rings. The number of hydrogen-bond donors (Lipinski definition) is 0. The standard InChI is InChI=1S/C18H27O/c1-9-12(2)13-10-14(17(3,4)5)16(19)15(11-13)18(6,7)8/h9-11H,1-8H3/b12-9-. The first-order valence-electron chi connectivity index (χ1n) is 6.97. The SMILES string of the molecule is C/C=C(/C)c1cc(C(C)(C)C)c([O])c(C(C)(C)C)c1. The molecule has 1 aromatic carbocycles. The fourth-order valence-corrected chi connectivity index (χ4v) is 2.14. The van der Waals surface area contributed by atoms with Crippen molar-refractivity contribution in [3.05, 3.63) is 34.9 Å². The molecule has 0 aliphatic heterocycles. The molecule has 0 bridgehead atoms. The Balaban J connectivity index is 3.67. The van der Waals surface area contributed by atoms with Gasteiger partial charge in [0.2, 0.25) is 0 Å². The summed E-state index contributed by atoms with van der Waals surface area (Å²) in [4.78, 5) is 0. The van der Waals surface area contributed by atoms with E-state index >= 15 is 0 Å². The Hall–Kier alpha value is -1.24. The van der Waals surface area contributed by atoms with Crippen LogP contribution in [0.25, 0.3) is 5.57 Å². The van der Waals surface area contributed by atoms with Gasteiger partial charge in [0.15, 0.2) is 5.75 Å². The van der Waals surface area contributed by atoms with Crippen molar-refractivity contribution < 1.29 is 5.11 Å². The molecule has 0 aromatic heterocycles. The van der Waals surface area contributed by atoms with Crippen molar-refractivity contribution in [2.75, 3.05) is 0 Å². The van der Waals surface area contributed by atoms with Gasteiger partial charge in [-0.25, -0.2) is 0 Å². The third kappa shape index (κ3) is 3.40. The highest BCUT2D eigenvalue weighted by Crippen LogP contribution is 2.41. The number of benzene rings is 1. The maximum absolute atomic E-state index is 12.7. The van der Waals surface area contributed by atoms with Gasteiger partial charge in [-0.1, -0.05) is 47.6 Å². The maximum atomic E-state index is 12.7. The summed E-state index contributed by atoms with van der Waals surface area (Å²) in [5.41, 5.74) is 3.96. The van der Waals surface area contributed by atoms with Crippen LogP contribution in [-0.4, -0.2) is 0 Å². The van der Waals surface area contributed by atoms with Gasteiger partial charge in [0, 0.05) is 11.1 Å². The fourth-order valence-electron chi connectivity index (χ4n) is 2.14.